The van der Waals surface area contributed by atoms with Gasteiger partial charge in [-0.15, -0.1) is 4.99 Å². The smallest absolute Gasteiger partial charge is 0.437 e. The third-order valence-corrected chi connectivity index (χ3v) is 6.39. The van der Waals surface area contributed by atoms with Crippen molar-refractivity contribution in [1.82, 2.24) is 9.80 Å². The molecule has 0 spiro atoms. The number of aliphatic imine (C=N–C) groups is 1. The van der Waals surface area contributed by atoms with Crippen molar-refractivity contribution in [3.63, 3.8) is 0 Å². The molecule has 0 aromatic heterocycles. The van der Waals surface area contributed by atoms with E-state index in [1.54, 1.807) is 46.4 Å². The Morgan fingerprint density at radius 3 is 2.22 bits per heavy atom. The second-order valence-electron chi connectivity index (χ2n) is 10.9. The molecule has 2 aliphatic heterocycles. The molecule has 2 amide bonds. The Kier molecular flexibility index (Phi) is 7.59. The van der Waals surface area contributed by atoms with Crippen molar-refractivity contribution in [3.05, 3.63) is 0 Å². The molecule has 9 nitrogen and oxygen atoms in total. The summed E-state index contributed by atoms with van der Waals surface area (Å²) in [5, 5.41) is 0.330. The highest BCUT2D eigenvalue weighted by Gasteiger charge is 2.56. The van der Waals surface area contributed by atoms with Crippen LogP contribution in [0, 0.1) is 5.92 Å². The number of rotatable bonds is 2. The van der Waals surface area contributed by atoms with Crippen molar-refractivity contribution in [2.75, 3.05) is 11.9 Å². The van der Waals surface area contributed by atoms with Crippen LogP contribution in [-0.2, 0) is 19.0 Å². The fraction of sp³-hybridized carbons (Fsp3) is 0.818. The highest BCUT2D eigenvalue weighted by molar-refractivity contribution is 9.09. The molecular formula is C22H36BrN3O6. The zero-order valence-corrected chi connectivity index (χ0v) is 22.1. The van der Waals surface area contributed by atoms with Crippen molar-refractivity contribution in [2.45, 2.75) is 97.6 Å². The molecule has 2 rings (SSSR count). The van der Waals surface area contributed by atoms with E-state index in [1.807, 2.05) is 20.8 Å². The second-order valence-corrected chi connectivity index (χ2v) is 11.5. The molecule has 0 aromatic carbocycles. The van der Waals surface area contributed by atoms with Gasteiger partial charge in [0.1, 0.15) is 23.9 Å². The van der Waals surface area contributed by atoms with Crippen LogP contribution in [0.1, 0.15) is 68.7 Å². The highest BCUT2D eigenvalue weighted by Crippen LogP contribution is 2.38. The minimum atomic E-state index is -0.901. The number of hydrogen-bond acceptors (Lipinski definition) is 6. The molecule has 2 heterocycles. The molecule has 0 saturated carbocycles. The number of nitrogens with zero attached hydrogens (tertiary/aromatic N) is 3. The van der Waals surface area contributed by atoms with E-state index in [0.29, 0.717) is 5.33 Å². The molecule has 0 unspecified atom stereocenters. The number of carbonyl (C=O) groups excluding carboxylic acids is 3. The maximum Gasteiger partial charge on any atom is 0.437 e. The summed E-state index contributed by atoms with van der Waals surface area (Å²) in [7, 11) is 0. The number of alkyl halides is 1. The largest absolute Gasteiger partial charge is 0.462 e. The molecule has 0 aromatic rings. The summed E-state index contributed by atoms with van der Waals surface area (Å²) >= 11 is 3.49. The average Bonchev–Trinajstić information content (AvgIpc) is 2.59. The Balaban J connectivity index is 2.69. The van der Waals surface area contributed by atoms with Gasteiger partial charge in [-0.25, -0.2) is 19.3 Å². The molecule has 2 saturated heterocycles. The number of carbonyl (C=O) groups is 3. The maximum absolute atomic E-state index is 13.4. The van der Waals surface area contributed by atoms with E-state index < -0.39 is 40.9 Å². The summed E-state index contributed by atoms with van der Waals surface area (Å²) in [5.74, 6) is -0.305. The molecule has 0 bridgehead atoms. The van der Waals surface area contributed by atoms with Gasteiger partial charge in [0, 0.05) is 11.8 Å². The quantitative estimate of drug-likeness (QED) is 0.305. The Morgan fingerprint density at radius 1 is 1.19 bits per heavy atom. The zero-order chi connectivity index (χ0) is 24.6. The fourth-order valence-corrected chi connectivity index (χ4v) is 4.21. The lowest BCUT2D eigenvalue weighted by Gasteiger charge is -2.55. The van der Waals surface area contributed by atoms with Crippen LogP contribution >= 0.6 is 15.9 Å². The summed E-state index contributed by atoms with van der Waals surface area (Å²) in [6.07, 6.45) is -1.21. The first-order chi connectivity index (χ1) is 14.5. The lowest BCUT2D eigenvalue weighted by molar-refractivity contribution is -0.164. The third-order valence-electron chi connectivity index (χ3n) is 5.18. The lowest BCUT2D eigenvalue weighted by Crippen LogP contribution is -2.73. The van der Waals surface area contributed by atoms with Gasteiger partial charge in [0.05, 0.1) is 11.6 Å². The topological polar surface area (TPSA) is 97.7 Å². The van der Waals surface area contributed by atoms with Crippen molar-refractivity contribution in [2.24, 2.45) is 10.9 Å². The summed E-state index contributed by atoms with van der Waals surface area (Å²) in [6.45, 7) is 16.4. The van der Waals surface area contributed by atoms with Crippen LogP contribution in [-0.4, -0.2) is 74.7 Å². The summed E-state index contributed by atoms with van der Waals surface area (Å²) < 4.78 is 16.6. The first-order valence-electron chi connectivity index (χ1n) is 10.8. The Hall–Kier alpha value is -1.84. The molecule has 0 N–H and O–H groups in total. The molecule has 0 aliphatic carbocycles. The van der Waals surface area contributed by atoms with E-state index in [1.165, 1.54) is 4.90 Å². The minimum Gasteiger partial charge on any atom is -0.462 e. The predicted octanol–water partition coefficient (Wildman–Crippen LogP) is 4.32. The predicted molar refractivity (Wildman–Crippen MR) is 124 cm³/mol. The molecule has 182 valence electrons. The average molecular weight is 518 g/mol. The van der Waals surface area contributed by atoms with Crippen molar-refractivity contribution in [1.29, 1.82) is 0 Å². The first-order valence-corrected chi connectivity index (χ1v) is 12.0. The van der Waals surface area contributed by atoms with Gasteiger partial charge >= 0.3 is 18.2 Å². The van der Waals surface area contributed by atoms with E-state index in [-0.39, 0.29) is 30.9 Å². The third kappa shape index (κ3) is 5.94. The lowest BCUT2D eigenvalue weighted by atomic mass is 9.86. The van der Waals surface area contributed by atoms with Gasteiger partial charge in [-0.1, -0.05) is 29.8 Å². The van der Waals surface area contributed by atoms with Crippen LogP contribution in [0.15, 0.2) is 4.99 Å². The number of hydrogen-bond donors (Lipinski definition) is 0. The number of cyclic esters (lactones) is 1. The van der Waals surface area contributed by atoms with Crippen LogP contribution in [0.2, 0.25) is 0 Å². The maximum atomic E-state index is 13.4. The molecule has 2 aliphatic rings. The highest BCUT2D eigenvalue weighted by atomic mass is 79.9. The van der Waals surface area contributed by atoms with E-state index >= 15 is 0 Å². The van der Waals surface area contributed by atoms with Gasteiger partial charge in [-0.3, -0.25) is 0 Å². The zero-order valence-electron chi connectivity index (χ0n) is 20.5. The minimum absolute atomic E-state index is 0.0436. The van der Waals surface area contributed by atoms with E-state index in [9.17, 15) is 14.4 Å². The van der Waals surface area contributed by atoms with Gasteiger partial charge in [0.15, 0.2) is 0 Å². The molecular weight excluding hydrogens is 482 g/mol. The van der Waals surface area contributed by atoms with Crippen molar-refractivity contribution >= 4 is 40.0 Å². The van der Waals surface area contributed by atoms with E-state index in [2.05, 4.69) is 20.9 Å². The monoisotopic (exact) mass is 517 g/mol. The second kappa shape index (κ2) is 9.19. The Bertz CT molecular complexity index is 786. The van der Waals surface area contributed by atoms with Crippen LogP contribution in [0.5, 0.6) is 0 Å². The summed E-state index contributed by atoms with van der Waals surface area (Å²) in [4.78, 5) is 46.3. The van der Waals surface area contributed by atoms with Gasteiger partial charge in [0.2, 0.25) is 5.96 Å². The van der Waals surface area contributed by atoms with E-state index in [4.69, 9.17) is 14.2 Å². The number of morpholine rings is 1. The van der Waals surface area contributed by atoms with Crippen LogP contribution in [0.3, 0.4) is 0 Å². The molecule has 0 radical (unpaired) electrons. The Labute approximate surface area is 198 Å². The first kappa shape index (κ1) is 26.4. The number of ether oxygens (including phenoxy) is 3. The van der Waals surface area contributed by atoms with E-state index in [0.717, 1.165) is 0 Å². The number of amides is 2. The SMILES string of the molecule is CC(C)[C@H]1COC(=O)[C@@H]2C[C@](C)(CBr)N(C(=O)OC(C)(C)C)/C(=N\C(=O)OC(C)(C)C)N12. The van der Waals surface area contributed by atoms with Crippen LogP contribution < -0.4 is 0 Å². The standard InChI is InChI=1S/C22H36BrN3O6/c1-13(2)15-11-30-16(27)14-10-22(9,12-23)26(19(29)32-21(6,7)8)17(25(14)15)24-18(28)31-20(3,4)5/h13-15H,10-12H2,1-9H3/b24-17-/t14-,15+,22+/m0/s1. The van der Waals surface area contributed by atoms with Crippen LogP contribution in [0.4, 0.5) is 9.59 Å². The Morgan fingerprint density at radius 2 is 1.75 bits per heavy atom. The van der Waals surface area contributed by atoms with Crippen molar-refractivity contribution in [3.8, 4) is 0 Å². The van der Waals surface area contributed by atoms with Gasteiger partial charge < -0.3 is 19.1 Å². The number of fused-ring (bicyclic) bond motifs is 1. The van der Waals surface area contributed by atoms with Gasteiger partial charge in [0.25, 0.3) is 0 Å². The summed E-state index contributed by atoms with van der Waals surface area (Å²) in [5.41, 5.74) is -2.44. The number of halogens is 1. The molecule has 3 atom stereocenters. The fourth-order valence-electron chi connectivity index (χ4n) is 3.73. The van der Waals surface area contributed by atoms with Gasteiger partial charge in [-0.05, 0) is 54.4 Å². The van der Waals surface area contributed by atoms with Crippen LogP contribution in [0.25, 0.3) is 0 Å². The molecule has 2 fully saturated rings. The van der Waals surface area contributed by atoms with Crippen molar-refractivity contribution < 1.29 is 28.6 Å². The molecule has 10 heteroatoms. The molecule has 32 heavy (non-hydrogen) atoms. The normalized spacial score (nSPS) is 27.8. The number of esters is 1. The number of guanidine groups is 1. The summed E-state index contributed by atoms with van der Waals surface area (Å²) in [6, 6.07) is -0.970. The van der Waals surface area contributed by atoms with Gasteiger partial charge in [-0.2, -0.15) is 0 Å².